The fourth-order valence-electron chi connectivity index (χ4n) is 4.14. The number of amides is 1. The van der Waals surface area contributed by atoms with Gasteiger partial charge in [-0.1, -0.05) is 38.2 Å². The molecule has 1 aromatic carbocycles. The van der Waals surface area contributed by atoms with Crippen LogP contribution in [0.2, 0.25) is 0 Å². The monoisotopic (exact) mass is 408 g/mol. The Kier molecular flexibility index (Phi) is 7.12. The lowest BCUT2D eigenvalue weighted by molar-refractivity contribution is -0.0440. The van der Waals surface area contributed by atoms with Gasteiger partial charge in [0.05, 0.1) is 17.1 Å². The molecule has 1 aliphatic carbocycles. The van der Waals surface area contributed by atoms with Crippen LogP contribution in [-0.4, -0.2) is 50.0 Å². The minimum absolute atomic E-state index is 0.149. The second-order valence-corrected chi connectivity index (χ2v) is 10.1. The van der Waals surface area contributed by atoms with Crippen LogP contribution in [-0.2, 0) is 14.8 Å². The lowest BCUT2D eigenvalue weighted by atomic mass is 9.96. The van der Waals surface area contributed by atoms with Crippen LogP contribution in [0.3, 0.4) is 0 Å². The van der Waals surface area contributed by atoms with Crippen LogP contribution in [0.1, 0.15) is 69.2 Å². The minimum Gasteiger partial charge on any atom is -0.373 e. The summed E-state index contributed by atoms with van der Waals surface area (Å²) in [4.78, 5) is 12.9. The van der Waals surface area contributed by atoms with Crippen LogP contribution in [0.5, 0.6) is 0 Å². The van der Waals surface area contributed by atoms with Gasteiger partial charge in [-0.15, -0.1) is 0 Å². The molecule has 2 fully saturated rings. The maximum Gasteiger partial charge on any atom is 0.251 e. The van der Waals surface area contributed by atoms with Gasteiger partial charge in [0.1, 0.15) is 0 Å². The molecule has 2 atom stereocenters. The first-order chi connectivity index (χ1) is 13.4. The second-order valence-electron chi connectivity index (χ2n) is 8.12. The van der Waals surface area contributed by atoms with Crippen molar-refractivity contribution in [2.45, 2.75) is 81.9 Å². The van der Waals surface area contributed by atoms with Crippen LogP contribution < -0.4 is 5.32 Å². The number of hydrogen-bond acceptors (Lipinski definition) is 4. The Labute approximate surface area is 168 Å². The van der Waals surface area contributed by atoms with Crippen molar-refractivity contribution >= 4 is 15.9 Å². The Morgan fingerprint density at radius 1 is 1.04 bits per heavy atom. The zero-order valence-electron chi connectivity index (χ0n) is 16.9. The molecule has 0 unspecified atom stereocenters. The molecule has 2 aliphatic rings. The van der Waals surface area contributed by atoms with Crippen molar-refractivity contribution in [2.75, 3.05) is 13.1 Å². The van der Waals surface area contributed by atoms with E-state index in [1.54, 1.807) is 18.2 Å². The third-order valence-corrected chi connectivity index (χ3v) is 7.39. The molecule has 28 heavy (non-hydrogen) atoms. The molecular weight excluding hydrogens is 376 g/mol. The van der Waals surface area contributed by atoms with Crippen molar-refractivity contribution in [3.8, 4) is 0 Å². The summed E-state index contributed by atoms with van der Waals surface area (Å²) in [6, 6.07) is 6.56. The number of benzene rings is 1. The van der Waals surface area contributed by atoms with Crippen LogP contribution in [0.15, 0.2) is 29.2 Å². The van der Waals surface area contributed by atoms with Gasteiger partial charge in [0.2, 0.25) is 10.0 Å². The molecule has 1 amide bonds. The smallest absolute Gasteiger partial charge is 0.251 e. The number of sulfonamides is 1. The maximum atomic E-state index is 13.1. The Hall–Kier alpha value is -1.44. The van der Waals surface area contributed by atoms with E-state index in [4.69, 9.17) is 4.74 Å². The summed E-state index contributed by atoms with van der Waals surface area (Å²) in [5.41, 5.74) is 0.400. The first-order valence-corrected chi connectivity index (χ1v) is 11.9. The highest BCUT2D eigenvalue weighted by molar-refractivity contribution is 7.89. The number of carbonyl (C=O) groups is 1. The van der Waals surface area contributed by atoms with E-state index in [9.17, 15) is 13.2 Å². The molecule has 1 saturated carbocycles. The van der Waals surface area contributed by atoms with E-state index in [0.717, 1.165) is 25.7 Å². The van der Waals surface area contributed by atoms with E-state index in [-0.39, 0.29) is 29.1 Å². The van der Waals surface area contributed by atoms with Gasteiger partial charge < -0.3 is 10.1 Å². The molecule has 6 nitrogen and oxygen atoms in total. The average molecular weight is 409 g/mol. The summed E-state index contributed by atoms with van der Waals surface area (Å²) in [5, 5.41) is 3.11. The number of ether oxygens (including phenoxy) is 1. The normalized spacial score (nSPS) is 25.6. The molecule has 7 heteroatoms. The molecule has 1 saturated heterocycles. The molecule has 156 valence electrons. The average Bonchev–Trinajstić information content (AvgIpc) is 2.63. The van der Waals surface area contributed by atoms with Crippen molar-refractivity contribution in [1.82, 2.24) is 9.62 Å². The lowest BCUT2D eigenvalue weighted by Gasteiger charge is -2.34. The summed E-state index contributed by atoms with van der Waals surface area (Å²) >= 11 is 0. The summed E-state index contributed by atoms with van der Waals surface area (Å²) in [6.45, 7) is 4.39. The maximum absolute atomic E-state index is 13.1. The quantitative estimate of drug-likeness (QED) is 0.829. The highest BCUT2D eigenvalue weighted by Gasteiger charge is 2.32. The summed E-state index contributed by atoms with van der Waals surface area (Å²) in [6.07, 6.45) is 7.67. The van der Waals surface area contributed by atoms with E-state index in [2.05, 4.69) is 5.32 Å². The number of carbonyl (C=O) groups excluding carboxylic acids is 1. The zero-order valence-corrected chi connectivity index (χ0v) is 17.7. The lowest BCUT2D eigenvalue weighted by Crippen LogP contribution is -2.48. The van der Waals surface area contributed by atoms with Gasteiger partial charge >= 0.3 is 0 Å². The number of rotatable bonds is 4. The summed E-state index contributed by atoms with van der Waals surface area (Å²) in [7, 11) is -3.65. The third kappa shape index (κ3) is 5.33. The first-order valence-electron chi connectivity index (χ1n) is 10.4. The molecule has 1 heterocycles. The number of morpholine rings is 1. The highest BCUT2D eigenvalue weighted by Crippen LogP contribution is 2.22. The standard InChI is InChI=1S/C21H32N2O4S/c1-16-14-23(15-17(2)27-16)28(25,26)20-12-8-9-18(13-20)21(24)22-19-10-6-4-3-5-7-11-19/h8-9,12-13,16-17,19H,3-7,10-11,14-15H2,1-2H3,(H,22,24)/t16-,17+. The van der Waals surface area contributed by atoms with Crippen molar-refractivity contribution in [3.63, 3.8) is 0 Å². The number of hydrogen-bond donors (Lipinski definition) is 1. The van der Waals surface area contributed by atoms with Gasteiger partial charge in [-0.05, 0) is 44.9 Å². The Balaban J connectivity index is 1.72. The number of nitrogens with one attached hydrogen (secondary N) is 1. The SMILES string of the molecule is C[C@@H]1CN(S(=O)(=O)c2cccc(C(=O)NC3CCCCCCC3)c2)C[C@H](C)O1. The summed E-state index contributed by atoms with van der Waals surface area (Å²) < 4.78 is 33.2. The van der Waals surface area contributed by atoms with Gasteiger partial charge in [0.15, 0.2) is 0 Å². The molecule has 0 spiro atoms. The Morgan fingerprint density at radius 2 is 1.64 bits per heavy atom. The molecule has 1 aliphatic heterocycles. The molecule has 0 bridgehead atoms. The fourth-order valence-corrected chi connectivity index (χ4v) is 5.78. The number of nitrogens with zero attached hydrogens (tertiary/aromatic N) is 1. The van der Waals surface area contributed by atoms with Crippen LogP contribution in [0, 0.1) is 0 Å². The van der Waals surface area contributed by atoms with E-state index in [0.29, 0.717) is 18.7 Å². The predicted molar refractivity (Wildman–Crippen MR) is 109 cm³/mol. The van der Waals surface area contributed by atoms with Crippen LogP contribution >= 0.6 is 0 Å². The Morgan fingerprint density at radius 3 is 2.29 bits per heavy atom. The molecule has 0 radical (unpaired) electrons. The van der Waals surface area contributed by atoms with Gasteiger partial charge in [0, 0.05) is 24.7 Å². The van der Waals surface area contributed by atoms with Crippen LogP contribution in [0.4, 0.5) is 0 Å². The van der Waals surface area contributed by atoms with E-state index in [1.807, 2.05) is 13.8 Å². The first kappa shape index (κ1) is 21.3. The molecule has 1 N–H and O–H groups in total. The summed E-state index contributed by atoms with van der Waals surface area (Å²) in [5.74, 6) is -0.189. The second kappa shape index (κ2) is 9.37. The van der Waals surface area contributed by atoms with Crippen molar-refractivity contribution in [3.05, 3.63) is 29.8 Å². The molecule has 0 aromatic heterocycles. The molecule has 3 rings (SSSR count). The zero-order chi connectivity index (χ0) is 20.1. The fraction of sp³-hybridized carbons (Fsp3) is 0.667. The molecular formula is C21H32N2O4S. The highest BCUT2D eigenvalue weighted by atomic mass is 32.2. The van der Waals surface area contributed by atoms with Crippen LogP contribution in [0.25, 0.3) is 0 Å². The molecule has 1 aromatic rings. The topological polar surface area (TPSA) is 75.7 Å². The third-order valence-electron chi connectivity index (χ3n) is 5.56. The van der Waals surface area contributed by atoms with Gasteiger partial charge in [-0.25, -0.2) is 8.42 Å². The van der Waals surface area contributed by atoms with Crippen molar-refractivity contribution < 1.29 is 17.9 Å². The van der Waals surface area contributed by atoms with Crippen molar-refractivity contribution in [2.24, 2.45) is 0 Å². The minimum atomic E-state index is -3.65. The predicted octanol–water partition coefficient (Wildman–Crippen LogP) is 3.33. The largest absolute Gasteiger partial charge is 0.373 e. The van der Waals surface area contributed by atoms with E-state index in [1.165, 1.54) is 29.6 Å². The van der Waals surface area contributed by atoms with Gasteiger partial charge in [0.25, 0.3) is 5.91 Å². The van der Waals surface area contributed by atoms with Gasteiger partial charge in [-0.3, -0.25) is 4.79 Å². The van der Waals surface area contributed by atoms with E-state index < -0.39 is 10.0 Å². The van der Waals surface area contributed by atoms with E-state index >= 15 is 0 Å². The van der Waals surface area contributed by atoms with Gasteiger partial charge in [-0.2, -0.15) is 4.31 Å². The Bertz CT molecular complexity index is 762. The van der Waals surface area contributed by atoms with Crippen molar-refractivity contribution in [1.29, 1.82) is 0 Å².